The molecule has 0 fully saturated rings. The standard InChI is InChI=1S/C15H25NO5/c1-9(2)15(11(5)17)16-14(19)7-13(20-6)12(18)8-21-10(3)4/h7,9-10,15H,8H2,1-6H3,(H,16,19). The van der Waals surface area contributed by atoms with Crippen molar-refractivity contribution in [1.82, 2.24) is 5.32 Å². The second-order valence-corrected chi connectivity index (χ2v) is 5.34. The number of methoxy groups -OCH3 is 1. The highest BCUT2D eigenvalue weighted by molar-refractivity contribution is 6.02. The normalized spacial score (nSPS) is 13.2. The van der Waals surface area contributed by atoms with Crippen LogP contribution in [-0.2, 0) is 23.9 Å². The van der Waals surface area contributed by atoms with E-state index in [0.717, 1.165) is 6.08 Å². The number of rotatable bonds is 9. The summed E-state index contributed by atoms with van der Waals surface area (Å²) in [5.41, 5.74) is 0. The van der Waals surface area contributed by atoms with Crippen molar-refractivity contribution in [2.24, 2.45) is 5.92 Å². The lowest BCUT2D eigenvalue weighted by molar-refractivity contribution is -0.126. The Balaban J connectivity index is 4.79. The van der Waals surface area contributed by atoms with Crippen LogP contribution in [0.2, 0.25) is 0 Å². The maximum Gasteiger partial charge on any atom is 0.248 e. The molecule has 0 saturated heterocycles. The number of hydrogen-bond donors (Lipinski definition) is 1. The summed E-state index contributed by atoms with van der Waals surface area (Å²) in [4.78, 5) is 35.1. The van der Waals surface area contributed by atoms with Crippen molar-refractivity contribution in [3.8, 4) is 0 Å². The van der Waals surface area contributed by atoms with Gasteiger partial charge in [-0.15, -0.1) is 0 Å². The van der Waals surface area contributed by atoms with Crippen molar-refractivity contribution in [2.75, 3.05) is 13.7 Å². The van der Waals surface area contributed by atoms with Crippen LogP contribution in [0.15, 0.2) is 11.8 Å². The molecule has 1 unspecified atom stereocenters. The summed E-state index contributed by atoms with van der Waals surface area (Å²) in [6.07, 6.45) is 0.952. The van der Waals surface area contributed by atoms with Gasteiger partial charge in [0.15, 0.2) is 11.5 Å². The van der Waals surface area contributed by atoms with Crippen molar-refractivity contribution >= 4 is 17.5 Å². The van der Waals surface area contributed by atoms with Gasteiger partial charge in [0, 0.05) is 6.08 Å². The van der Waals surface area contributed by atoms with Gasteiger partial charge in [-0.3, -0.25) is 14.4 Å². The van der Waals surface area contributed by atoms with Crippen molar-refractivity contribution in [3.63, 3.8) is 0 Å². The van der Waals surface area contributed by atoms with E-state index in [4.69, 9.17) is 9.47 Å². The fourth-order valence-corrected chi connectivity index (χ4v) is 1.62. The Morgan fingerprint density at radius 1 is 1.14 bits per heavy atom. The van der Waals surface area contributed by atoms with Crippen LogP contribution < -0.4 is 5.32 Å². The molecule has 0 radical (unpaired) electrons. The molecule has 0 aliphatic carbocycles. The summed E-state index contributed by atoms with van der Waals surface area (Å²) in [5, 5.41) is 2.56. The monoisotopic (exact) mass is 299 g/mol. The van der Waals surface area contributed by atoms with E-state index in [0.29, 0.717) is 0 Å². The third kappa shape index (κ3) is 7.60. The first-order valence-electron chi connectivity index (χ1n) is 6.90. The van der Waals surface area contributed by atoms with Crippen LogP contribution in [0.4, 0.5) is 0 Å². The maximum absolute atomic E-state index is 11.9. The first-order valence-corrected chi connectivity index (χ1v) is 6.90. The number of carbonyl (C=O) groups is 3. The molecule has 0 aromatic heterocycles. The highest BCUT2D eigenvalue weighted by Crippen LogP contribution is 2.04. The highest BCUT2D eigenvalue weighted by Gasteiger charge is 2.21. The van der Waals surface area contributed by atoms with Crippen LogP contribution in [0.5, 0.6) is 0 Å². The first-order chi connectivity index (χ1) is 9.68. The van der Waals surface area contributed by atoms with Crippen LogP contribution in [-0.4, -0.2) is 43.3 Å². The minimum atomic E-state index is -0.589. The second-order valence-electron chi connectivity index (χ2n) is 5.34. The zero-order valence-electron chi connectivity index (χ0n) is 13.6. The molecule has 0 heterocycles. The summed E-state index contributed by atoms with van der Waals surface area (Å²) in [6.45, 7) is 8.51. The number of nitrogens with one attached hydrogen (secondary N) is 1. The molecule has 0 aromatic carbocycles. The van der Waals surface area contributed by atoms with Gasteiger partial charge in [0.1, 0.15) is 6.61 Å². The smallest absolute Gasteiger partial charge is 0.248 e. The van der Waals surface area contributed by atoms with Crippen LogP contribution in [0, 0.1) is 5.92 Å². The van der Waals surface area contributed by atoms with Gasteiger partial charge in [-0.25, -0.2) is 0 Å². The average molecular weight is 299 g/mol. The second kappa shape index (κ2) is 9.28. The minimum Gasteiger partial charge on any atom is -0.493 e. The molecule has 0 aromatic rings. The van der Waals surface area contributed by atoms with E-state index in [2.05, 4.69) is 5.32 Å². The van der Waals surface area contributed by atoms with Gasteiger partial charge in [-0.05, 0) is 26.7 Å². The summed E-state index contributed by atoms with van der Waals surface area (Å²) in [5.74, 6) is -1.24. The summed E-state index contributed by atoms with van der Waals surface area (Å²) >= 11 is 0. The average Bonchev–Trinajstić information content (AvgIpc) is 2.38. The Morgan fingerprint density at radius 2 is 1.71 bits per heavy atom. The van der Waals surface area contributed by atoms with Gasteiger partial charge < -0.3 is 14.8 Å². The molecule has 21 heavy (non-hydrogen) atoms. The molecule has 0 aliphatic rings. The predicted molar refractivity (Wildman–Crippen MR) is 78.6 cm³/mol. The first kappa shape index (κ1) is 19.3. The Labute approximate surface area is 125 Å². The lowest BCUT2D eigenvalue weighted by Crippen LogP contribution is -2.42. The topological polar surface area (TPSA) is 81.7 Å². The van der Waals surface area contributed by atoms with Crippen molar-refractivity contribution < 1.29 is 23.9 Å². The molecular weight excluding hydrogens is 274 g/mol. The molecule has 0 aliphatic heterocycles. The Hall–Kier alpha value is -1.69. The molecular formula is C15H25NO5. The molecule has 0 rings (SSSR count). The van der Waals surface area contributed by atoms with Crippen molar-refractivity contribution in [3.05, 3.63) is 11.8 Å². The number of carbonyl (C=O) groups excluding carboxylic acids is 3. The predicted octanol–water partition coefficient (Wildman–Crippen LogP) is 1.24. The van der Waals surface area contributed by atoms with Crippen molar-refractivity contribution in [2.45, 2.75) is 46.8 Å². The lowest BCUT2D eigenvalue weighted by Gasteiger charge is -2.18. The van der Waals surface area contributed by atoms with Gasteiger partial charge in [0.25, 0.3) is 0 Å². The quantitative estimate of drug-likeness (QED) is 0.512. The Morgan fingerprint density at radius 3 is 2.10 bits per heavy atom. The third-order valence-corrected chi connectivity index (χ3v) is 2.71. The molecule has 1 atom stereocenters. The van der Waals surface area contributed by atoms with Crippen LogP contribution in [0.1, 0.15) is 34.6 Å². The molecule has 6 nitrogen and oxygen atoms in total. The molecule has 1 amide bonds. The van der Waals surface area contributed by atoms with E-state index >= 15 is 0 Å². The van der Waals surface area contributed by atoms with Gasteiger partial charge in [0.05, 0.1) is 19.3 Å². The molecule has 0 bridgehead atoms. The van der Waals surface area contributed by atoms with Crippen molar-refractivity contribution in [1.29, 1.82) is 0 Å². The van der Waals surface area contributed by atoms with E-state index in [-0.39, 0.29) is 30.2 Å². The highest BCUT2D eigenvalue weighted by atomic mass is 16.5. The molecule has 0 spiro atoms. The minimum absolute atomic E-state index is 0.0363. The largest absolute Gasteiger partial charge is 0.493 e. The van der Waals surface area contributed by atoms with E-state index in [1.54, 1.807) is 13.8 Å². The Kier molecular flexibility index (Phi) is 8.54. The molecule has 6 heteroatoms. The van der Waals surface area contributed by atoms with Crippen LogP contribution in [0.3, 0.4) is 0 Å². The molecule has 120 valence electrons. The number of ether oxygens (including phenoxy) is 2. The summed E-state index contributed by atoms with van der Waals surface area (Å²) < 4.78 is 10.1. The maximum atomic E-state index is 11.9. The van der Waals surface area contributed by atoms with E-state index in [1.807, 2.05) is 13.8 Å². The Bertz CT molecular complexity index is 412. The van der Waals surface area contributed by atoms with Gasteiger partial charge >= 0.3 is 0 Å². The molecule has 1 N–H and O–H groups in total. The van der Waals surface area contributed by atoms with E-state index < -0.39 is 17.7 Å². The van der Waals surface area contributed by atoms with Gasteiger partial charge in [0.2, 0.25) is 11.7 Å². The number of ketones is 2. The molecule has 0 saturated carbocycles. The van der Waals surface area contributed by atoms with Gasteiger partial charge in [-0.1, -0.05) is 13.8 Å². The fourth-order valence-electron chi connectivity index (χ4n) is 1.62. The number of Topliss-reactive ketones (excluding diaryl/α,β-unsaturated/α-hetero) is 2. The van der Waals surface area contributed by atoms with E-state index in [9.17, 15) is 14.4 Å². The SMILES string of the molecule is COC(=CC(=O)NC(C(C)=O)C(C)C)C(=O)COC(C)C. The zero-order chi connectivity index (χ0) is 16.6. The van der Waals surface area contributed by atoms with E-state index in [1.165, 1.54) is 14.0 Å². The number of hydrogen-bond acceptors (Lipinski definition) is 5. The number of amides is 1. The zero-order valence-corrected chi connectivity index (χ0v) is 13.6. The lowest BCUT2D eigenvalue weighted by atomic mass is 10.0. The summed E-state index contributed by atoms with van der Waals surface area (Å²) in [6, 6.07) is -0.589. The third-order valence-electron chi connectivity index (χ3n) is 2.71. The van der Waals surface area contributed by atoms with Crippen LogP contribution >= 0.6 is 0 Å². The fraction of sp³-hybridized carbons (Fsp3) is 0.667. The van der Waals surface area contributed by atoms with Gasteiger partial charge in [-0.2, -0.15) is 0 Å². The van der Waals surface area contributed by atoms with Crippen LogP contribution in [0.25, 0.3) is 0 Å². The summed E-state index contributed by atoms with van der Waals surface area (Å²) in [7, 11) is 1.30.